The zero-order valence-corrected chi connectivity index (χ0v) is 12.9. The first kappa shape index (κ1) is 15.2. The second kappa shape index (κ2) is 6.53. The predicted octanol–water partition coefficient (Wildman–Crippen LogP) is 0.175. The van der Waals surface area contributed by atoms with Crippen LogP contribution in [0.4, 0.5) is 5.95 Å². The maximum absolute atomic E-state index is 11.2. The van der Waals surface area contributed by atoms with Crippen LogP contribution in [-0.2, 0) is 15.6 Å². The summed E-state index contributed by atoms with van der Waals surface area (Å²) in [7, 11) is -3.07. The molecule has 20 heavy (non-hydrogen) atoms. The van der Waals surface area contributed by atoms with Crippen molar-refractivity contribution in [2.45, 2.75) is 25.5 Å². The Kier molecular flexibility index (Phi) is 4.98. The Morgan fingerprint density at radius 2 is 2.10 bits per heavy atom. The second-order valence-corrected chi connectivity index (χ2v) is 7.53. The van der Waals surface area contributed by atoms with E-state index in [4.69, 9.17) is 0 Å². The number of sulfone groups is 1. The van der Waals surface area contributed by atoms with Crippen LogP contribution in [0.2, 0.25) is 0 Å². The summed E-state index contributed by atoms with van der Waals surface area (Å²) in [5.74, 6) is 1.65. The average molecular weight is 301 g/mol. The molecule has 1 aliphatic heterocycles. The van der Waals surface area contributed by atoms with Gasteiger partial charge in [0.2, 0.25) is 5.95 Å². The molecular weight excluding hydrogens is 278 g/mol. The molecule has 2 N–H and O–H groups in total. The van der Waals surface area contributed by atoms with Gasteiger partial charge in [0.05, 0.1) is 0 Å². The van der Waals surface area contributed by atoms with Crippen molar-refractivity contribution in [3.63, 3.8) is 0 Å². The molecule has 0 aliphatic carbocycles. The van der Waals surface area contributed by atoms with E-state index >= 15 is 0 Å². The van der Waals surface area contributed by atoms with E-state index in [-0.39, 0.29) is 5.75 Å². The topological polar surface area (TPSA) is 91.0 Å². The fourth-order valence-corrected chi connectivity index (χ4v) is 3.05. The lowest BCUT2D eigenvalue weighted by atomic mass is 9.97. The van der Waals surface area contributed by atoms with Crippen molar-refractivity contribution in [2.75, 3.05) is 37.3 Å². The molecule has 1 fully saturated rings. The van der Waals surface area contributed by atoms with E-state index in [2.05, 4.69) is 32.3 Å². The Labute approximate surface area is 120 Å². The third-order valence-corrected chi connectivity index (χ3v) is 4.30. The van der Waals surface area contributed by atoms with Gasteiger partial charge >= 0.3 is 0 Å². The summed E-state index contributed by atoms with van der Waals surface area (Å²) in [4.78, 5) is 6.39. The molecule has 0 saturated carbocycles. The Morgan fingerprint density at radius 3 is 2.70 bits per heavy atom. The van der Waals surface area contributed by atoms with E-state index in [1.54, 1.807) is 0 Å². The van der Waals surface area contributed by atoms with Gasteiger partial charge < -0.3 is 10.2 Å². The van der Waals surface area contributed by atoms with Gasteiger partial charge in [-0.15, -0.1) is 5.10 Å². The minimum absolute atomic E-state index is 0.0864. The lowest BCUT2D eigenvalue weighted by Gasteiger charge is -2.31. The number of aromatic amines is 1. The Bertz CT molecular complexity index is 520. The van der Waals surface area contributed by atoms with Crippen LogP contribution in [0, 0.1) is 5.92 Å². The molecule has 0 atom stereocenters. The number of piperidine rings is 1. The van der Waals surface area contributed by atoms with Gasteiger partial charge in [0, 0.05) is 19.3 Å². The number of aromatic nitrogens is 3. The third kappa shape index (κ3) is 4.45. The molecule has 0 bridgehead atoms. The first-order valence-electron chi connectivity index (χ1n) is 7.02. The van der Waals surface area contributed by atoms with Crippen molar-refractivity contribution in [1.82, 2.24) is 20.5 Å². The van der Waals surface area contributed by atoms with Crippen LogP contribution in [0.25, 0.3) is 0 Å². The highest BCUT2D eigenvalue weighted by Gasteiger charge is 2.22. The highest BCUT2D eigenvalue weighted by Crippen LogP contribution is 2.20. The largest absolute Gasteiger partial charge is 0.340 e. The van der Waals surface area contributed by atoms with Gasteiger partial charge in [0.1, 0.15) is 11.6 Å². The Balaban J connectivity index is 1.88. The van der Waals surface area contributed by atoms with Gasteiger partial charge in [-0.05, 0) is 31.8 Å². The molecule has 1 aromatic rings. The normalized spacial score (nSPS) is 17.6. The highest BCUT2D eigenvalue weighted by molar-refractivity contribution is 7.89. The van der Waals surface area contributed by atoms with Crippen molar-refractivity contribution < 1.29 is 8.42 Å². The third-order valence-electron chi connectivity index (χ3n) is 3.50. The van der Waals surface area contributed by atoms with E-state index < -0.39 is 9.84 Å². The van der Waals surface area contributed by atoms with E-state index in [0.717, 1.165) is 39.0 Å². The molecule has 1 aliphatic rings. The SMILES string of the molecule is CCNCC1CCN(c2n[nH]c(CS(C)(=O)=O)n2)CC1. The van der Waals surface area contributed by atoms with Crippen molar-refractivity contribution in [3.8, 4) is 0 Å². The van der Waals surface area contributed by atoms with Crippen LogP contribution in [0.15, 0.2) is 0 Å². The Morgan fingerprint density at radius 1 is 1.40 bits per heavy atom. The zero-order chi connectivity index (χ0) is 14.6. The fraction of sp³-hybridized carbons (Fsp3) is 0.833. The van der Waals surface area contributed by atoms with Crippen LogP contribution in [-0.4, -0.2) is 56.0 Å². The second-order valence-electron chi connectivity index (χ2n) is 5.39. The smallest absolute Gasteiger partial charge is 0.244 e. The summed E-state index contributed by atoms with van der Waals surface area (Å²) in [6.07, 6.45) is 3.42. The Hall–Kier alpha value is -1.15. The van der Waals surface area contributed by atoms with E-state index in [1.807, 2.05) is 0 Å². The molecule has 0 radical (unpaired) electrons. The predicted molar refractivity (Wildman–Crippen MR) is 78.4 cm³/mol. The molecule has 0 aromatic carbocycles. The number of rotatable bonds is 6. The lowest BCUT2D eigenvalue weighted by molar-refractivity contribution is 0.384. The number of nitrogens with zero attached hydrogens (tertiary/aromatic N) is 3. The number of nitrogens with one attached hydrogen (secondary N) is 2. The molecular formula is C12H23N5O2S. The monoisotopic (exact) mass is 301 g/mol. The fourth-order valence-electron chi connectivity index (χ4n) is 2.43. The molecule has 1 saturated heterocycles. The summed E-state index contributed by atoms with van der Waals surface area (Å²) in [5, 5.41) is 10.2. The summed E-state index contributed by atoms with van der Waals surface area (Å²) in [6, 6.07) is 0. The maximum Gasteiger partial charge on any atom is 0.244 e. The number of H-pyrrole nitrogens is 1. The van der Waals surface area contributed by atoms with Crippen molar-refractivity contribution in [3.05, 3.63) is 5.82 Å². The van der Waals surface area contributed by atoms with Crippen LogP contribution in [0.5, 0.6) is 0 Å². The van der Waals surface area contributed by atoms with Crippen molar-refractivity contribution in [2.24, 2.45) is 5.92 Å². The minimum Gasteiger partial charge on any atom is -0.340 e. The molecule has 114 valence electrons. The van der Waals surface area contributed by atoms with Crippen LogP contribution in [0.1, 0.15) is 25.6 Å². The first-order chi connectivity index (χ1) is 9.48. The summed E-state index contributed by atoms with van der Waals surface area (Å²) >= 11 is 0. The van der Waals surface area contributed by atoms with Crippen LogP contribution in [0.3, 0.4) is 0 Å². The summed E-state index contributed by atoms with van der Waals surface area (Å²) in [5.41, 5.74) is 0. The lowest BCUT2D eigenvalue weighted by Crippen LogP contribution is -2.37. The zero-order valence-electron chi connectivity index (χ0n) is 12.1. The van der Waals surface area contributed by atoms with E-state index in [0.29, 0.717) is 17.7 Å². The van der Waals surface area contributed by atoms with Crippen molar-refractivity contribution in [1.29, 1.82) is 0 Å². The molecule has 1 aromatic heterocycles. The number of anilines is 1. The molecule has 0 amide bonds. The molecule has 0 unspecified atom stereocenters. The molecule has 8 heteroatoms. The quantitative estimate of drug-likeness (QED) is 0.778. The average Bonchev–Trinajstić information content (AvgIpc) is 2.83. The van der Waals surface area contributed by atoms with Crippen LogP contribution >= 0.6 is 0 Å². The maximum atomic E-state index is 11.2. The summed E-state index contributed by atoms with van der Waals surface area (Å²) < 4.78 is 22.4. The molecule has 0 spiro atoms. The highest BCUT2D eigenvalue weighted by atomic mass is 32.2. The molecule has 2 rings (SSSR count). The van der Waals surface area contributed by atoms with Gasteiger partial charge in [-0.3, -0.25) is 5.10 Å². The van der Waals surface area contributed by atoms with Gasteiger partial charge in [-0.2, -0.15) is 4.98 Å². The molecule has 7 nitrogen and oxygen atoms in total. The van der Waals surface area contributed by atoms with Gasteiger partial charge in [-0.25, -0.2) is 8.42 Å². The van der Waals surface area contributed by atoms with Gasteiger partial charge in [-0.1, -0.05) is 6.92 Å². The number of hydrogen-bond donors (Lipinski definition) is 2. The van der Waals surface area contributed by atoms with E-state index in [1.165, 1.54) is 6.26 Å². The number of hydrogen-bond acceptors (Lipinski definition) is 6. The first-order valence-corrected chi connectivity index (χ1v) is 9.08. The summed E-state index contributed by atoms with van der Waals surface area (Å²) in [6.45, 7) is 6.04. The minimum atomic E-state index is -3.07. The standard InChI is InChI=1S/C12H23N5O2S/c1-3-13-8-10-4-6-17(7-5-10)12-14-11(15-16-12)9-20(2,18)19/h10,13H,3-9H2,1-2H3,(H,14,15,16). The van der Waals surface area contributed by atoms with E-state index in [9.17, 15) is 8.42 Å². The van der Waals surface area contributed by atoms with Crippen molar-refractivity contribution >= 4 is 15.8 Å². The van der Waals surface area contributed by atoms with Gasteiger partial charge in [0.25, 0.3) is 0 Å². The molecule has 2 heterocycles. The van der Waals surface area contributed by atoms with Gasteiger partial charge in [0.15, 0.2) is 9.84 Å². The van der Waals surface area contributed by atoms with Crippen LogP contribution < -0.4 is 10.2 Å².